The van der Waals surface area contributed by atoms with Crippen LogP contribution in [0, 0.1) is 11.8 Å². The minimum atomic E-state index is -2.44. The molecule has 1 N–H and O–H groups in total. The minimum Gasteiger partial charge on any atom is -0.481 e. The smallest absolute Gasteiger partial charge is 0.311 e. The lowest BCUT2D eigenvalue weighted by atomic mass is 9.71. The van der Waals surface area contributed by atoms with E-state index in [-0.39, 0.29) is 18.3 Å². The lowest BCUT2D eigenvalue weighted by molar-refractivity contribution is -0.137. The van der Waals surface area contributed by atoms with Crippen molar-refractivity contribution < 1.29 is 22.7 Å². The second-order valence-corrected chi connectivity index (χ2v) is 10.0. The zero-order chi connectivity index (χ0) is 23.0. The Hall–Kier alpha value is -2.93. The highest BCUT2D eigenvalue weighted by Crippen LogP contribution is 2.62. The quantitative estimate of drug-likeness (QED) is 0.320. The summed E-state index contributed by atoms with van der Waals surface area (Å²) in [6, 6.07) is 14.4. The molecule has 1 aromatic heterocycles. The number of benzene rings is 2. The molecular weight excluding hydrogens is 438 g/mol. The van der Waals surface area contributed by atoms with E-state index in [2.05, 4.69) is 28.6 Å². The van der Waals surface area contributed by atoms with Gasteiger partial charge in [-0.25, -0.2) is 0 Å². The highest BCUT2D eigenvalue weighted by molar-refractivity contribution is 7.61. The van der Waals surface area contributed by atoms with E-state index in [0.29, 0.717) is 18.8 Å². The summed E-state index contributed by atoms with van der Waals surface area (Å²) in [5, 5.41) is 11.0. The number of hydrogen-bond acceptors (Lipinski definition) is 5. The van der Waals surface area contributed by atoms with Crippen LogP contribution in [0.3, 0.4) is 0 Å². The molecule has 33 heavy (non-hydrogen) atoms. The number of para-hydroxylation sites is 1. The average Bonchev–Trinajstić information content (AvgIpc) is 3.44. The van der Waals surface area contributed by atoms with Gasteiger partial charge in [-0.1, -0.05) is 36.4 Å². The first-order chi connectivity index (χ1) is 16.0. The molecule has 6 nitrogen and oxygen atoms in total. The Balaban J connectivity index is 1.48. The van der Waals surface area contributed by atoms with Crippen LogP contribution in [-0.4, -0.2) is 25.0 Å². The third-order valence-corrected chi connectivity index (χ3v) is 8.07. The molecule has 0 saturated heterocycles. The fraction of sp³-hybridized carbons (Fsp3) is 0.423. The average molecular weight is 466 g/mol. The van der Waals surface area contributed by atoms with Crippen molar-refractivity contribution in [3.05, 3.63) is 60.2 Å². The largest absolute Gasteiger partial charge is 0.481 e. The van der Waals surface area contributed by atoms with Crippen LogP contribution in [0.5, 0.6) is 0 Å². The Morgan fingerprint density at radius 1 is 1.15 bits per heavy atom. The van der Waals surface area contributed by atoms with Gasteiger partial charge in [-0.3, -0.25) is 4.79 Å². The second kappa shape index (κ2) is 8.78. The zero-order valence-electron chi connectivity index (χ0n) is 18.3. The molecule has 2 fully saturated rings. The maximum atomic E-state index is 11.6. The van der Waals surface area contributed by atoms with Gasteiger partial charge in [0.2, 0.25) is 0 Å². The summed E-state index contributed by atoms with van der Waals surface area (Å²) in [7, 11) is -2.44. The number of hydrogen-bond donors (Lipinski definition) is 1. The Labute approximate surface area is 194 Å². The van der Waals surface area contributed by atoms with Crippen molar-refractivity contribution in [2.24, 2.45) is 16.2 Å². The summed E-state index contributed by atoms with van der Waals surface area (Å²) in [6.07, 6.45) is 8.91. The minimum absolute atomic E-state index is 0.0977. The van der Waals surface area contributed by atoms with Crippen LogP contribution in [0.4, 0.5) is 0 Å². The van der Waals surface area contributed by atoms with Crippen LogP contribution < -0.4 is 0 Å². The third kappa shape index (κ3) is 4.10. The second-order valence-electron chi connectivity index (χ2n) is 9.39. The number of carboxylic acids is 1. The molecule has 5 rings (SSSR count). The van der Waals surface area contributed by atoms with Crippen molar-refractivity contribution in [1.82, 2.24) is 0 Å². The molecule has 4 atom stereocenters. The number of carboxylic acid groups (broad SMARTS) is 1. The number of carbonyl (C=O) groups is 1. The predicted molar refractivity (Wildman–Crippen MR) is 127 cm³/mol. The number of nitrogens with zero attached hydrogens (tertiary/aromatic N) is 1. The fourth-order valence-electron chi connectivity index (χ4n) is 6.25. The molecule has 7 heteroatoms. The van der Waals surface area contributed by atoms with Crippen LogP contribution >= 0.6 is 0 Å². The van der Waals surface area contributed by atoms with Gasteiger partial charge in [0.05, 0.1) is 5.54 Å². The summed E-state index contributed by atoms with van der Waals surface area (Å²) >= 11 is 0. The van der Waals surface area contributed by atoms with Crippen LogP contribution in [0.15, 0.2) is 63.4 Å². The molecule has 2 aromatic carbocycles. The van der Waals surface area contributed by atoms with Crippen LogP contribution in [0.2, 0.25) is 0 Å². The molecule has 172 valence electrons. The summed E-state index contributed by atoms with van der Waals surface area (Å²) in [5.74, 6) is -0.0546. The molecule has 0 unspecified atom stereocenters. The van der Waals surface area contributed by atoms with Crippen LogP contribution in [0.1, 0.15) is 56.4 Å². The molecule has 0 amide bonds. The third-order valence-electron chi connectivity index (χ3n) is 7.56. The fourth-order valence-corrected chi connectivity index (χ4v) is 6.85. The topological polar surface area (TPSA) is 96.9 Å². The van der Waals surface area contributed by atoms with Gasteiger partial charge < -0.3 is 9.52 Å². The predicted octanol–water partition coefficient (Wildman–Crippen LogP) is 6.10. The SMILES string of the molecule is O=C(O)CCC/C=C\C[C@@H]1[C@H](c2ccc3oc4ccccc4c3c2)[C@@H]2CC[C@]1(N=S(=O)=O)C2. The molecule has 2 saturated carbocycles. The molecule has 2 aliphatic carbocycles. The standard InChI is InChI=1S/C26H27NO5S/c28-24(29)10-4-2-1-3-8-21-25(18-13-14-26(21,16-18)27-33(30)31)17-11-12-23-20(15-17)19-7-5-6-9-22(19)32-23/h1,3,5-7,9,11-12,15,18,21,25H,2,4,8,10,13-14,16H2,(H,28,29)/b3-1-/t18-,21-,25-,26+/m1/s1. The van der Waals surface area contributed by atoms with E-state index in [4.69, 9.17) is 9.52 Å². The van der Waals surface area contributed by atoms with E-state index in [1.807, 2.05) is 30.3 Å². The van der Waals surface area contributed by atoms with Gasteiger partial charge in [0.15, 0.2) is 0 Å². The summed E-state index contributed by atoms with van der Waals surface area (Å²) in [5.41, 5.74) is 2.40. The number of rotatable bonds is 8. The van der Waals surface area contributed by atoms with Crippen LogP contribution in [-0.2, 0) is 15.3 Å². The van der Waals surface area contributed by atoms with E-state index in [9.17, 15) is 13.2 Å². The molecule has 0 radical (unpaired) electrons. The van der Waals surface area contributed by atoms with E-state index in [1.165, 1.54) is 5.56 Å². The molecule has 1 heterocycles. The lowest BCUT2D eigenvalue weighted by Crippen LogP contribution is -2.34. The van der Waals surface area contributed by atoms with Gasteiger partial charge in [0.25, 0.3) is 0 Å². The summed E-state index contributed by atoms with van der Waals surface area (Å²) in [4.78, 5) is 10.7. The van der Waals surface area contributed by atoms with Gasteiger partial charge in [-0.05, 0) is 80.0 Å². The van der Waals surface area contributed by atoms with E-state index < -0.39 is 22.0 Å². The highest BCUT2D eigenvalue weighted by atomic mass is 32.2. The van der Waals surface area contributed by atoms with Crippen molar-refractivity contribution in [3.63, 3.8) is 0 Å². The van der Waals surface area contributed by atoms with E-state index in [1.54, 1.807) is 0 Å². The Kier molecular flexibility index (Phi) is 5.83. The number of aliphatic carboxylic acids is 1. The molecule has 2 aliphatic rings. The first-order valence-corrected chi connectivity index (χ1v) is 12.6. The first kappa shape index (κ1) is 21.9. The van der Waals surface area contributed by atoms with Gasteiger partial charge >= 0.3 is 16.5 Å². The van der Waals surface area contributed by atoms with E-state index >= 15 is 0 Å². The van der Waals surface area contributed by atoms with Crippen LogP contribution in [0.25, 0.3) is 21.9 Å². The molecule has 0 aliphatic heterocycles. The van der Waals surface area contributed by atoms with Crippen molar-refractivity contribution in [1.29, 1.82) is 0 Å². The van der Waals surface area contributed by atoms with Crippen molar-refractivity contribution in [3.8, 4) is 0 Å². The molecular formula is C26H27NO5S. The number of fused-ring (bicyclic) bond motifs is 5. The maximum absolute atomic E-state index is 11.6. The van der Waals surface area contributed by atoms with Crippen molar-refractivity contribution in [2.75, 3.05) is 0 Å². The normalized spacial score (nSPS) is 26.5. The van der Waals surface area contributed by atoms with Gasteiger partial charge in [-0.15, -0.1) is 0 Å². The van der Waals surface area contributed by atoms with Gasteiger partial charge in [0, 0.05) is 17.2 Å². The molecule has 0 spiro atoms. The number of furan rings is 1. The van der Waals surface area contributed by atoms with Gasteiger partial charge in [-0.2, -0.15) is 12.8 Å². The molecule has 3 aromatic rings. The summed E-state index contributed by atoms with van der Waals surface area (Å²) in [6.45, 7) is 0. The van der Waals surface area contributed by atoms with Gasteiger partial charge in [0.1, 0.15) is 11.2 Å². The van der Waals surface area contributed by atoms with Crippen molar-refractivity contribution >= 4 is 38.4 Å². The number of unbranched alkanes of at least 4 members (excludes halogenated alkanes) is 1. The molecule has 2 bridgehead atoms. The number of allylic oxidation sites excluding steroid dienone is 2. The Morgan fingerprint density at radius 3 is 2.79 bits per heavy atom. The Morgan fingerprint density at radius 2 is 1.97 bits per heavy atom. The maximum Gasteiger partial charge on any atom is 0.311 e. The summed E-state index contributed by atoms with van der Waals surface area (Å²) < 4.78 is 33.5. The lowest BCUT2D eigenvalue weighted by Gasteiger charge is -2.35. The first-order valence-electron chi connectivity index (χ1n) is 11.6. The van der Waals surface area contributed by atoms with E-state index in [0.717, 1.165) is 47.6 Å². The van der Waals surface area contributed by atoms with Crippen molar-refractivity contribution in [2.45, 2.75) is 56.4 Å². The Bertz CT molecular complexity index is 1360. The monoisotopic (exact) mass is 465 g/mol. The zero-order valence-corrected chi connectivity index (χ0v) is 19.1. The highest BCUT2D eigenvalue weighted by Gasteiger charge is 2.58.